The third-order valence-electron chi connectivity index (χ3n) is 3.32. The van der Waals surface area contributed by atoms with E-state index in [4.69, 9.17) is 39.5 Å². The molecular weight excluding hydrogens is 464 g/mol. The molecule has 0 aliphatic heterocycles. The minimum Gasteiger partial charge on any atom is -0.470 e. The number of nitrogens with zero attached hydrogens (tertiary/aromatic N) is 2. The molecule has 0 saturated carbocycles. The number of hydrogen-bond donors (Lipinski definition) is 1. The maximum absolute atomic E-state index is 12.3. The molecule has 0 fully saturated rings. The molecule has 9 heteroatoms. The molecule has 0 bridgehead atoms. The van der Waals surface area contributed by atoms with Gasteiger partial charge in [0.15, 0.2) is 12.4 Å². The number of para-hydroxylation sites is 1. The van der Waals surface area contributed by atoms with Crippen molar-refractivity contribution in [3.8, 4) is 5.75 Å². The summed E-state index contributed by atoms with van der Waals surface area (Å²) in [5, 5.41) is 8.13. The summed E-state index contributed by atoms with van der Waals surface area (Å²) in [5.74, 6) is 0.185. The summed E-state index contributed by atoms with van der Waals surface area (Å²) >= 11 is 21.4. The lowest BCUT2D eigenvalue weighted by molar-refractivity contribution is 0.102. The second kappa shape index (κ2) is 8.31. The molecule has 134 valence electrons. The first-order valence-electron chi connectivity index (χ1n) is 7.30. The monoisotopic (exact) mass is 473 g/mol. The highest BCUT2D eigenvalue weighted by atomic mass is 79.9. The smallest absolute Gasteiger partial charge is 0.276 e. The molecule has 1 N–H and O–H groups in total. The van der Waals surface area contributed by atoms with Crippen LogP contribution in [0.25, 0.3) is 0 Å². The van der Waals surface area contributed by atoms with Crippen LogP contribution in [0.3, 0.4) is 0 Å². The van der Waals surface area contributed by atoms with Gasteiger partial charge in [0.05, 0.1) is 20.2 Å². The Morgan fingerprint density at radius 2 is 1.88 bits per heavy atom. The summed E-state index contributed by atoms with van der Waals surface area (Å²) < 4.78 is 7.86. The number of benzene rings is 2. The zero-order valence-electron chi connectivity index (χ0n) is 13.0. The van der Waals surface area contributed by atoms with Crippen molar-refractivity contribution in [2.45, 2.75) is 6.73 Å². The molecule has 26 heavy (non-hydrogen) atoms. The number of hydrogen-bond acceptors (Lipinski definition) is 3. The van der Waals surface area contributed by atoms with Crippen LogP contribution in [0.15, 0.2) is 53.1 Å². The van der Waals surface area contributed by atoms with E-state index in [0.717, 1.165) is 4.47 Å². The molecule has 2 aromatic carbocycles. The summed E-state index contributed by atoms with van der Waals surface area (Å²) in [6, 6.07) is 11.7. The Kier molecular flexibility index (Phi) is 6.09. The SMILES string of the molecule is O=C(Nc1c(Cl)cccc1Cl)c1ccn(COc2ccc(Cl)cc2Br)n1. The van der Waals surface area contributed by atoms with Gasteiger partial charge >= 0.3 is 0 Å². The van der Waals surface area contributed by atoms with Crippen molar-refractivity contribution >= 4 is 62.3 Å². The van der Waals surface area contributed by atoms with Gasteiger partial charge in [-0.15, -0.1) is 0 Å². The summed E-state index contributed by atoms with van der Waals surface area (Å²) in [6.45, 7) is 0.125. The van der Waals surface area contributed by atoms with Crippen LogP contribution < -0.4 is 10.1 Å². The molecule has 3 aromatic rings. The van der Waals surface area contributed by atoms with E-state index in [1.165, 1.54) is 4.68 Å². The van der Waals surface area contributed by atoms with Gasteiger partial charge in [-0.1, -0.05) is 40.9 Å². The highest BCUT2D eigenvalue weighted by Gasteiger charge is 2.14. The number of amides is 1. The average molecular weight is 476 g/mol. The molecule has 3 rings (SSSR count). The van der Waals surface area contributed by atoms with E-state index in [1.807, 2.05) is 0 Å². The van der Waals surface area contributed by atoms with Crippen molar-refractivity contribution in [1.82, 2.24) is 9.78 Å². The minimum absolute atomic E-state index is 0.125. The van der Waals surface area contributed by atoms with Crippen molar-refractivity contribution in [3.63, 3.8) is 0 Å². The van der Waals surface area contributed by atoms with E-state index in [2.05, 4.69) is 26.3 Å². The van der Waals surface area contributed by atoms with Crippen LogP contribution in [0, 0.1) is 0 Å². The molecule has 1 heterocycles. The van der Waals surface area contributed by atoms with Crippen LogP contribution in [0.1, 0.15) is 10.5 Å². The topological polar surface area (TPSA) is 56.2 Å². The van der Waals surface area contributed by atoms with Crippen LogP contribution in [-0.4, -0.2) is 15.7 Å². The molecule has 0 saturated heterocycles. The lowest BCUT2D eigenvalue weighted by Crippen LogP contribution is -2.14. The molecule has 0 aliphatic rings. The Hall–Kier alpha value is -1.73. The summed E-state index contributed by atoms with van der Waals surface area (Å²) in [5.41, 5.74) is 0.552. The number of rotatable bonds is 5. The third-order valence-corrected chi connectivity index (χ3v) is 4.81. The first-order valence-corrected chi connectivity index (χ1v) is 9.23. The zero-order valence-corrected chi connectivity index (χ0v) is 16.9. The van der Waals surface area contributed by atoms with Crippen molar-refractivity contribution in [2.24, 2.45) is 0 Å². The van der Waals surface area contributed by atoms with Gasteiger partial charge in [-0.2, -0.15) is 5.10 Å². The van der Waals surface area contributed by atoms with E-state index >= 15 is 0 Å². The number of halogens is 4. The van der Waals surface area contributed by atoms with Crippen LogP contribution in [0.4, 0.5) is 5.69 Å². The fraction of sp³-hybridized carbons (Fsp3) is 0.0588. The second-order valence-electron chi connectivity index (χ2n) is 5.14. The number of carbonyl (C=O) groups is 1. The van der Waals surface area contributed by atoms with Crippen molar-refractivity contribution in [2.75, 3.05) is 5.32 Å². The summed E-state index contributed by atoms with van der Waals surface area (Å²) in [4.78, 5) is 12.3. The Bertz CT molecular complexity index is 942. The standard InChI is InChI=1S/C17H11BrCl3N3O2/c18-11-8-10(19)4-5-15(11)26-9-24-7-6-14(23-24)17(25)22-16-12(20)2-1-3-13(16)21/h1-8H,9H2,(H,22,25). The second-order valence-corrected chi connectivity index (χ2v) is 7.24. The molecule has 0 radical (unpaired) electrons. The number of carbonyl (C=O) groups excluding carboxylic acids is 1. The fourth-order valence-electron chi connectivity index (χ4n) is 2.08. The number of aromatic nitrogens is 2. The maximum atomic E-state index is 12.3. The third kappa shape index (κ3) is 4.51. The van der Waals surface area contributed by atoms with E-state index in [1.54, 1.807) is 48.7 Å². The summed E-state index contributed by atoms with van der Waals surface area (Å²) in [7, 11) is 0. The highest BCUT2D eigenvalue weighted by Crippen LogP contribution is 2.30. The molecule has 0 atom stereocenters. The Morgan fingerprint density at radius 1 is 1.15 bits per heavy atom. The highest BCUT2D eigenvalue weighted by molar-refractivity contribution is 9.10. The average Bonchev–Trinajstić information content (AvgIpc) is 3.06. The molecule has 0 spiro atoms. The van der Waals surface area contributed by atoms with Gasteiger partial charge in [-0.05, 0) is 52.3 Å². The van der Waals surface area contributed by atoms with Crippen LogP contribution in [-0.2, 0) is 6.73 Å². The van der Waals surface area contributed by atoms with E-state index in [9.17, 15) is 4.79 Å². The van der Waals surface area contributed by atoms with Gasteiger partial charge in [0.1, 0.15) is 5.75 Å². The predicted molar refractivity (Wildman–Crippen MR) is 106 cm³/mol. The van der Waals surface area contributed by atoms with Crippen LogP contribution in [0.5, 0.6) is 5.75 Å². The number of anilines is 1. The van der Waals surface area contributed by atoms with Gasteiger partial charge in [0.2, 0.25) is 0 Å². The lowest BCUT2D eigenvalue weighted by atomic mass is 10.3. The van der Waals surface area contributed by atoms with Gasteiger partial charge in [-0.3, -0.25) is 4.79 Å². The Balaban J connectivity index is 1.66. The quantitative estimate of drug-likeness (QED) is 0.500. The minimum atomic E-state index is -0.425. The Morgan fingerprint density at radius 3 is 2.58 bits per heavy atom. The van der Waals surface area contributed by atoms with E-state index < -0.39 is 5.91 Å². The molecular formula is C17H11BrCl3N3O2. The van der Waals surface area contributed by atoms with Crippen LogP contribution >= 0.6 is 50.7 Å². The predicted octanol–water partition coefficient (Wildman–Crippen LogP) is 5.89. The molecule has 1 aromatic heterocycles. The normalized spacial score (nSPS) is 10.6. The van der Waals surface area contributed by atoms with Crippen LogP contribution in [0.2, 0.25) is 15.1 Å². The maximum Gasteiger partial charge on any atom is 0.276 e. The largest absolute Gasteiger partial charge is 0.470 e. The molecule has 0 aliphatic carbocycles. The van der Waals surface area contributed by atoms with Crippen molar-refractivity contribution < 1.29 is 9.53 Å². The first kappa shape index (κ1) is 19.0. The van der Waals surface area contributed by atoms with Crippen molar-refractivity contribution in [3.05, 3.63) is 73.9 Å². The van der Waals surface area contributed by atoms with Gasteiger partial charge in [0, 0.05) is 11.2 Å². The van der Waals surface area contributed by atoms with E-state index in [-0.39, 0.29) is 12.4 Å². The van der Waals surface area contributed by atoms with Gasteiger partial charge in [-0.25, -0.2) is 4.68 Å². The van der Waals surface area contributed by atoms with Gasteiger partial charge in [0.25, 0.3) is 5.91 Å². The molecule has 5 nitrogen and oxygen atoms in total. The summed E-state index contributed by atoms with van der Waals surface area (Å²) in [6.07, 6.45) is 1.63. The molecule has 0 unspecified atom stereocenters. The molecule has 1 amide bonds. The number of ether oxygens (including phenoxy) is 1. The fourth-order valence-corrected chi connectivity index (χ4v) is 3.37. The van der Waals surface area contributed by atoms with Gasteiger partial charge < -0.3 is 10.1 Å². The van der Waals surface area contributed by atoms with E-state index in [0.29, 0.717) is 26.5 Å². The van der Waals surface area contributed by atoms with Crippen molar-refractivity contribution in [1.29, 1.82) is 0 Å². The zero-order chi connectivity index (χ0) is 18.7. The first-order chi connectivity index (χ1) is 12.4. The Labute approximate surface area is 172 Å². The lowest BCUT2D eigenvalue weighted by Gasteiger charge is -2.09. The number of nitrogens with one attached hydrogen (secondary N) is 1.